The predicted molar refractivity (Wildman–Crippen MR) is 76.6 cm³/mol. The fourth-order valence-corrected chi connectivity index (χ4v) is 2.98. The topological polar surface area (TPSA) is 52.3 Å². The molecule has 0 aliphatic heterocycles. The second-order valence-electron chi connectivity index (χ2n) is 4.91. The number of amides is 1. The van der Waals surface area contributed by atoms with Crippen LogP contribution in [0.4, 0.5) is 0 Å². The first-order chi connectivity index (χ1) is 9.08. The van der Waals surface area contributed by atoms with Gasteiger partial charge < -0.3 is 10.5 Å². The van der Waals surface area contributed by atoms with Crippen LogP contribution in [0.5, 0.6) is 5.75 Å². The first kappa shape index (κ1) is 14.5. The largest absolute Gasteiger partial charge is 0.479 e. The molecule has 0 radical (unpaired) electrons. The number of carbonyl (C=O) groups is 1. The summed E-state index contributed by atoms with van der Waals surface area (Å²) in [6.07, 6.45) is 4.78. The summed E-state index contributed by atoms with van der Waals surface area (Å²) in [5.74, 6) is 0.205. The van der Waals surface area contributed by atoms with E-state index in [0.717, 1.165) is 25.7 Å². The Bertz CT molecular complexity index is 459. The Morgan fingerprint density at radius 2 is 1.95 bits per heavy atom. The van der Waals surface area contributed by atoms with Gasteiger partial charge in [0.25, 0.3) is 5.91 Å². The molecule has 3 nitrogen and oxygen atoms in total. The average molecular weight is 302 g/mol. The van der Waals surface area contributed by atoms with Crippen molar-refractivity contribution in [3.05, 3.63) is 28.2 Å². The van der Waals surface area contributed by atoms with Gasteiger partial charge in [-0.3, -0.25) is 4.79 Å². The van der Waals surface area contributed by atoms with E-state index < -0.39 is 12.0 Å². The highest BCUT2D eigenvalue weighted by Crippen LogP contribution is 2.33. The van der Waals surface area contributed by atoms with Gasteiger partial charge in [-0.2, -0.15) is 0 Å². The van der Waals surface area contributed by atoms with Crippen molar-refractivity contribution in [3.8, 4) is 5.75 Å². The number of halogens is 2. The molecule has 2 N–H and O–H groups in total. The molecule has 1 saturated carbocycles. The van der Waals surface area contributed by atoms with Crippen LogP contribution in [0.25, 0.3) is 0 Å². The van der Waals surface area contributed by atoms with Gasteiger partial charge in [0.15, 0.2) is 6.10 Å². The van der Waals surface area contributed by atoms with Gasteiger partial charge in [0, 0.05) is 10.9 Å². The summed E-state index contributed by atoms with van der Waals surface area (Å²) in [6.45, 7) is 0. The van der Waals surface area contributed by atoms with E-state index in [4.69, 9.17) is 33.7 Å². The summed E-state index contributed by atoms with van der Waals surface area (Å²) in [7, 11) is 0. The molecule has 1 unspecified atom stereocenters. The van der Waals surface area contributed by atoms with Gasteiger partial charge in [0.05, 0.1) is 5.02 Å². The molecule has 1 aliphatic carbocycles. The fraction of sp³-hybridized carbons (Fsp3) is 0.500. The number of carbonyl (C=O) groups excluding carboxylic acids is 1. The standard InChI is InChI=1S/C14H17Cl2NO2/c15-10-6-7-12(11(16)8-10)19-13(14(17)18)9-4-2-1-3-5-9/h6-9,13H,1-5H2,(H2,17,18). The molecule has 2 rings (SSSR count). The van der Waals surface area contributed by atoms with Crippen molar-refractivity contribution >= 4 is 29.1 Å². The van der Waals surface area contributed by atoms with Crippen LogP contribution >= 0.6 is 23.2 Å². The van der Waals surface area contributed by atoms with Gasteiger partial charge in [-0.25, -0.2) is 0 Å². The van der Waals surface area contributed by atoms with Crippen LogP contribution in [0.15, 0.2) is 18.2 Å². The van der Waals surface area contributed by atoms with Crippen LogP contribution in [0.1, 0.15) is 32.1 Å². The van der Waals surface area contributed by atoms with Crippen molar-refractivity contribution < 1.29 is 9.53 Å². The Hall–Kier alpha value is -0.930. The van der Waals surface area contributed by atoms with Crippen molar-refractivity contribution in [2.45, 2.75) is 38.2 Å². The minimum atomic E-state index is -0.612. The van der Waals surface area contributed by atoms with Crippen LogP contribution < -0.4 is 10.5 Å². The Kier molecular flexibility index (Phi) is 4.94. The van der Waals surface area contributed by atoms with Gasteiger partial charge in [-0.15, -0.1) is 0 Å². The lowest BCUT2D eigenvalue weighted by Gasteiger charge is -2.28. The lowest BCUT2D eigenvalue weighted by molar-refractivity contribution is -0.127. The van der Waals surface area contributed by atoms with E-state index in [1.165, 1.54) is 6.42 Å². The second-order valence-corrected chi connectivity index (χ2v) is 5.76. The molecule has 104 valence electrons. The molecule has 1 aromatic carbocycles. The molecule has 1 fully saturated rings. The summed E-state index contributed by atoms with van der Waals surface area (Å²) >= 11 is 11.9. The molecule has 1 amide bonds. The number of nitrogens with two attached hydrogens (primary N) is 1. The van der Waals surface area contributed by atoms with Crippen molar-refractivity contribution in [3.63, 3.8) is 0 Å². The van der Waals surface area contributed by atoms with Crippen molar-refractivity contribution in [1.82, 2.24) is 0 Å². The van der Waals surface area contributed by atoms with E-state index in [2.05, 4.69) is 0 Å². The molecular formula is C14H17Cl2NO2. The van der Waals surface area contributed by atoms with E-state index in [1.807, 2.05) is 0 Å². The molecular weight excluding hydrogens is 285 g/mol. The third kappa shape index (κ3) is 3.77. The summed E-state index contributed by atoms with van der Waals surface area (Å²) < 4.78 is 5.74. The maximum atomic E-state index is 11.6. The smallest absolute Gasteiger partial charge is 0.258 e. The van der Waals surface area contributed by atoms with Crippen LogP contribution in [0.3, 0.4) is 0 Å². The van der Waals surface area contributed by atoms with Crippen molar-refractivity contribution in [2.75, 3.05) is 0 Å². The molecule has 1 aliphatic rings. The van der Waals surface area contributed by atoms with E-state index >= 15 is 0 Å². The second kappa shape index (κ2) is 6.49. The molecule has 1 aromatic rings. The molecule has 5 heteroatoms. The van der Waals surface area contributed by atoms with Gasteiger partial charge in [-0.1, -0.05) is 42.5 Å². The molecule has 0 bridgehead atoms. The van der Waals surface area contributed by atoms with Gasteiger partial charge in [-0.05, 0) is 31.0 Å². The highest BCUT2D eigenvalue weighted by Gasteiger charge is 2.30. The average Bonchev–Trinajstić information content (AvgIpc) is 2.38. The van der Waals surface area contributed by atoms with Crippen LogP contribution in [-0.2, 0) is 4.79 Å². The Morgan fingerprint density at radius 3 is 2.53 bits per heavy atom. The molecule has 1 atom stereocenters. The maximum Gasteiger partial charge on any atom is 0.258 e. The first-order valence-electron chi connectivity index (χ1n) is 6.49. The Balaban J connectivity index is 2.13. The summed E-state index contributed by atoms with van der Waals surface area (Å²) in [5, 5.41) is 0.931. The predicted octanol–water partition coefficient (Wildman–Crippen LogP) is 3.81. The number of ether oxygens (including phenoxy) is 1. The lowest BCUT2D eigenvalue weighted by Crippen LogP contribution is -2.41. The number of primary amides is 1. The number of hydrogen-bond acceptors (Lipinski definition) is 2. The van der Waals surface area contributed by atoms with E-state index in [0.29, 0.717) is 15.8 Å². The third-order valence-electron chi connectivity index (χ3n) is 3.51. The Morgan fingerprint density at radius 1 is 1.26 bits per heavy atom. The summed E-state index contributed by atoms with van der Waals surface area (Å²) in [5.41, 5.74) is 5.46. The molecule has 0 saturated heterocycles. The number of hydrogen-bond donors (Lipinski definition) is 1. The zero-order valence-electron chi connectivity index (χ0n) is 10.6. The van der Waals surface area contributed by atoms with Gasteiger partial charge >= 0.3 is 0 Å². The minimum Gasteiger partial charge on any atom is -0.479 e. The van der Waals surface area contributed by atoms with Crippen molar-refractivity contribution in [1.29, 1.82) is 0 Å². The number of benzene rings is 1. The molecule has 19 heavy (non-hydrogen) atoms. The zero-order valence-corrected chi connectivity index (χ0v) is 12.1. The Labute approximate surface area is 123 Å². The molecule has 0 spiro atoms. The monoisotopic (exact) mass is 301 g/mol. The van der Waals surface area contributed by atoms with E-state index in [1.54, 1.807) is 18.2 Å². The molecule has 0 heterocycles. The lowest BCUT2D eigenvalue weighted by atomic mass is 9.85. The zero-order chi connectivity index (χ0) is 13.8. The quantitative estimate of drug-likeness (QED) is 0.919. The summed E-state index contributed by atoms with van der Waals surface area (Å²) in [4.78, 5) is 11.6. The first-order valence-corrected chi connectivity index (χ1v) is 7.24. The SMILES string of the molecule is NC(=O)C(Oc1ccc(Cl)cc1Cl)C1CCCCC1. The minimum absolute atomic E-state index is 0.179. The maximum absolute atomic E-state index is 11.6. The highest BCUT2D eigenvalue weighted by molar-refractivity contribution is 6.35. The van der Waals surface area contributed by atoms with Crippen LogP contribution in [-0.4, -0.2) is 12.0 Å². The fourth-order valence-electron chi connectivity index (χ4n) is 2.53. The third-order valence-corrected chi connectivity index (χ3v) is 4.04. The van der Waals surface area contributed by atoms with E-state index in [-0.39, 0.29) is 5.92 Å². The highest BCUT2D eigenvalue weighted by atomic mass is 35.5. The number of rotatable bonds is 4. The van der Waals surface area contributed by atoms with E-state index in [9.17, 15) is 4.79 Å². The van der Waals surface area contributed by atoms with Crippen molar-refractivity contribution in [2.24, 2.45) is 11.7 Å². The van der Waals surface area contributed by atoms with Gasteiger partial charge in [0.1, 0.15) is 5.75 Å². The van der Waals surface area contributed by atoms with Crippen LogP contribution in [0, 0.1) is 5.92 Å². The summed E-state index contributed by atoms with van der Waals surface area (Å²) in [6, 6.07) is 4.95. The van der Waals surface area contributed by atoms with Crippen LogP contribution in [0.2, 0.25) is 10.0 Å². The molecule has 0 aromatic heterocycles. The normalized spacial score (nSPS) is 18.0. The van der Waals surface area contributed by atoms with Gasteiger partial charge in [0.2, 0.25) is 0 Å².